The first kappa shape index (κ1) is 13.8. The summed E-state index contributed by atoms with van der Waals surface area (Å²) < 4.78 is 6.08. The number of thiazole rings is 1. The van der Waals surface area contributed by atoms with E-state index in [1.165, 1.54) is 11.3 Å². The van der Waals surface area contributed by atoms with Gasteiger partial charge in [0.25, 0.3) is 0 Å². The van der Waals surface area contributed by atoms with Gasteiger partial charge in [-0.05, 0) is 31.2 Å². The molecule has 0 amide bonds. The molecule has 2 rings (SSSR count). The van der Waals surface area contributed by atoms with Gasteiger partial charge in [0.15, 0.2) is 0 Å². The van der Waals surface area contributed by atoms with Gasteiger partial charge in [-0.15, -0.1) is 11.3 Å². The van der Waals surface area contributed by atoms with Crippen LogP contribution in [0.1, 0.15) is 18.9 Å². The van der Waals surface area contributed by atoms with Crippen molar-refractivity contribution in [2.75, 3.05) is 6.61 Å². The minimum Gasteiger partial charge on any atom is -0.363 e. The van der Waals surface area contributed by atoms with Crippen molar-refractivity contribution >= 4 is 34.7 Å². The zero-order valence-corrected chi connectivity index (χ0v) is 12.1. The van der Waals surface area contributed by atoms with Crippen molar-refractivity contribution in [1.29, 1.82) is 0 Å². The van der Waals surface area contributed by atoms with Gasteiger partial charge in [-0.25, -0.2) is 4.98 Å². The van der Waals surface area contributed by atoms with Crippen LogP contribution in [0.25, 0.3) is 0 Å². The standard InChI is InChI=1S/C12H12ClNO2S2/c1-2-16-11(15)10-12(17-7-14-10)18-9-5-3-8(13)4-6-9/h3-7,11,15H,2H2,1H3. The van der Waals surface area contributed by atoms with Crippen LogP contribution in [0.3, 0.4) is 0 Å². The van der Waals surface area contributed by atoms with E-state index in [1.54, 1.807) is 17.3 Å². The van der Waals surface area contributed by atoms with Gasteiger partial charge in [0.1, 0.15) is 5.69 Å². The van der Waals surface area contributed by atoms with Crippen molar-refractivity contribution in [3.05, 3.63) is 40.5 Å². The van der Waals surface area contributed by atoms with Gasteiger partial charge in [-0.1, -0.05) is 23.4 Å². The van der Waals surface area contributed by atoms with E-state index < -0.39 is 6.29 Å². The lowest BCUT2D eigenvalue weighted by Crippen LogP contribution is -2.03. The SMILES string of the molecule is CCOC(O)c1ncsc1Sc1ccc(Cl)cc1. The number of hydrogen-bond acceptors (Lipinski definition) is 5. The van der Waals surface area contributed by atoms with E-state index >= 15 is 0 Å². The lowest BCUT2D eigenvalue weighted by Gasteiger charge is -2.09. The van der Waals surface area contributed by atoms with Crippen LogP contribution in [0.5, 0.6) is 0 Å². The second-order valence-electron chi connectivity index (χ2n) is 3.39. The average molecular weight is 302 g/mol. The Morgan fingerprint density at radius 2 is 2.17 bits per heavy atom. The molecule has 3 nitrogen and oxygen atoms in total. The molecule has 18 heavy (non-hydrogen) atoms. The number of halogens is 1. The number of aromatic nitrogens is 1. The Morgan fingerprint density at radius 1 is 1.44 bits per heavy atom. The number of aliphatic hydroxyl groups is 1. The molecule has 1 N–H and O–H groups in total. The van der Waals surface area contributed by atoms with Crippen LogP contribution in [-0.4, -0.2) is 16.7 Å². The average Bonchev–Trinajstić information content (AvgIpc) is 2.81. The molecule has 0 saturated carbocycles. The first-order valence-corrected chi connectivity index (χ1v) is 7.44. The summed E-state index contributed by atoms with van der Waals surface area (Å²) in [5.41, 5.74) is 2.28. The van der Waals surface area contributed by atoms with Crippen molar-refractivity contribution in [1.82, 2.24) is 4.98 Å². The van der Waals surface area contributed by atoms with Gasteiger partial charge in [0.05, 0.1) is 9.72 Å². The third kappa shape index (κ3) is 3.46. The van der Waals surface area contributed by atoms with Gasteiger partial charge in [0, 0.05) is 16.5 Å². The van der Waals surface area contributed by atoms with Crippen molar-refractivity contribution in [3.8, 4) is 0 Å². The normalized spacial score (nSPS) is 12.6. The molecule has 1 unspecified atom stereocenters. The summed E-state index contributed by atoms with van der Waals surface area (Å²) in [5, 5.41) is 10.5. The predicted molar refractivity (Wildman–Crippen MR) is 74.3 cm³/mol. The number of nitrogens with zero attached hydrogens (tertiary/aromatic N) is 1. The smallest absolute Gasteiger partial charge is 0.200 e. The molecule has 0 radical (unpaired) electrons. The molecule has 2 aromatic rings. The maximum Gasteiger partial charge on any atom is 0.200 e. The maximum absolute atomic E-state index is 9.80. The Hall–Kier alpha value is -0.590. The minimum absolute atomic E-state index is 0.448. The summed E-state index contributed by atoms with van der Waals surface area (Å²) in [6.07, 6.45) is -0.962. The highest BCUT2D eigenvalue weighted by atomic mass is 35.5. The first-order valence-electron chi connectivity index (χ1n) is 5.37. The summed E-state index contributed by atoms with van der Waals surface area (Å²) in [5.74, 6) is 0. The van der Waals surface area contributed by atoms with Gasteiger partial charge in [0.2, 0.25) is 6.29 Å². The molecule has 0 aliphatic heterocycles. The van der Waals surface area contributed by atoms with Gasteiger partial charge in [-0.2, -0.15) is 0 Å². The molecular formula is C12H12ClNO2S2. The zero-order chi connectivity index (χ0) is 13.0. The summed E-state index contributed by atoms with van der Waals surface area (Å²) in [7, 11) is 0. The highest BCUT2D eigenvalue weighted by Gasteiger charge is 2.16. The predicted octanol–water partition coefficient (Wildman–Crippen LogP) is 3.98. The molecule has 0 aliphatic rings. The Bertz CT molecular complexity index is 501. The molecular weight excluding hydrogens is 290 g/mol. The van der Waals surface area contributed by atoms with Crippen LogP contribution in [-0.2, 0) is 4.74 Å². The second-order valence-corrected chi connectivity index (χ2v) is 6.02. The van der Waals surface area contributed by atoms with Crippen molar-refractivity contribution in [2.24, 2.45) is 0 Å². The summed E-state index contributed by atoms with van der Waals surface area (Å²) >= 11 is 8.86. The number of benzene rings is 1. The quantitative estimate of drug-likeness (QED) is 0.848. The molecule has 1 heterocycles. The van der Waals surface area contributed by atoms with E-state index in [0.717, 1.165) is 9.10 Å². The lowest BCUT2D eigenvalue weighted by atomic mass is 10.4. The van der Waals surface area contributed by atoms with Gasteiger partial charge in [-0.3, -0.25) is 0 Å². The molecule has 1 aromatic carbocycles. The Labute approximate surface area is 119 Å². The number of rotatable bonds is 5. The van der Waals surface area contributed by atoms with Crippen LogP contribution in [0.4, 0.5) is 0 Å². The van der Waals surface area contributed by atoms with Crippen LogP contribution in [0, 0.1) is 0 Å². The number of ether oxygens (including phenoxy) is 1. The van der Waals surface area contributed by atoms with Crippen molar-refractivity contribution in [3.63, 3.8) is 0 Å². The number of aliphatic hydroxyl groups excluding tert-OH is 1. The second kappa shape index (κ2) is 6.54. The van der Waals surface area contributed by atoms with Crippen molar-refractivity contribution < 1.29 is 9.84 Å². The van der Waals surface area contributed by atoms with E-state index in [0.29, 0.717) is 17.3 Å². The highest BCUT2D eigenvalue weighted by Crippen LogP contribution is 2.36. The van der Waals surface area contributed by atoms with Gasteiger partial charge < -0.3 is 9.84 Å². The Morgan fingerprint density at radius 3 is 2.83 bits per heavy atom. The monoisotopic (exact) mass is 301 g/mol. The van der Waals surface area contributed by atoms with E-state index in [2.05, 4.69) is 4.98 Å². The highest BCUT2D eigenvalue weighted by molar-refractivity contribution is 8.01. The molecule has 1 atom stereocenters. The van der Waals surface area contributed by atoms with Crippen LogP contribution >= 0.6 is 34.7 Å². The minimum atomic E-state index is -0.962. The molecule has 1 aromatic heterocycles. The third-order valence-corrected chi connectivity index (χ3v) is 4.47. The van der Waals surface area contributed by atoms with Gasteiger partial charge >= 0.3 is 0 Å². The van der Waals surface area contributed by atoms with Crippen LogP contribution < -0.4 is 0 Å². The first-order chi connectivity index (χ1) is 8.70. The molecule has 0 aliphatic carbocycles. The third-order valence-electron chi connectivity index (χ3n) is 2.14. The topological polar surface area (TPSA) is 42.4 Å². The molecule has 0 spiro atoms. The Kier molecular flexibility index (Phi) is 5.03. The maximum atomic E-state index is 9.80. The van der Waals surface area contributed by atoms with Crippen molar-refractivity contribution in [2.45, 2.75) is 22.3 Å². The Balaban J connectivity index is 2.14. The molecule has 96 valence electrons. The fraction of sp³-hybridized carbons (Fsp3) is 0.250. The van der Waals surface area contributed by atoms with E-state index in [9.17, 15) is 5.11 Å². The largest absolute Gasteiger partial charge is 0.363 e. The molecule has 0 saturated heterocycles. The molecule has 0 bridgehead atoms. The van der Waals surface area contributed by atoms with E-state index in [-0.39, 0.29) is 0 Å². The summed E-state index contributed by atoms with van der Waals surface area (Å²) in [6, 6.07) is 7.54. The van der Waals surface area contributed by atoms with E-state index in [1.807, 2.05) is 31.2 Å². The summed E-state index contributed by atoms with van der Waals surface area (Å²) in [4.78, 5) is 5.19. The zero-order valence-electron chi connectivity index (χ0n) is 9.67. The van der Waals surface area contributed by atoms with Crippen LogP contribution in [0.2, 0.25) is 5.02 Å². The van der Waals surface area contributed by atoms with E-state index in [4.69, 9.17) is 16.3 Å². The number of hydrogen-bond donors (Lipinski definition) is 1. The lowest BCUT2D eigenvalue weighted by molar-refractivity contribution is -0.102. The fourth-order valence-electron chi connectivity index (χ4n) is 1.33. The summed E-state index contributed by atoms with van der Waals surface area (Å²) in [6.45, 7) is 2.28. The molecule has 6 heteroatoms. The van der Waals surface area contributed by atoms with Crippen LogP contribution in [0.15, 0.2) is 38.9 Å². The molecule has 0 fully saturated rings. The fourth-order valence-corrected chi connectivity index (χ4v) is 3.35.